The first-order valence-corrected chi connectivity index (χ1v) is 5.93. The molecule has 0 amide bonds. The van der Waals surface area contributed by atoms with E-state index in [1.165, 1.54) is 11.8 Å². The van der Waals surface area contributed by atoms with Crippen molar-refractivity contribution in [2.24, 2.45) is 7.05 Å². The largest absolute Gasteiger partial charge is 0.368 e. The van der Waals surface area contributed by atoms with E-state index in [9.17, 15) is 0 Å². The summed E-state index contributed by atoms with van der Waals surface area (Å²) in [5.41, 5.74) is 7.20. The van der Waals surface area contributed by atoms with E-state index in [4.69, 9.17) is 17.3 Å². The summed E-state index contributed by atoms with van der Waals surface area (Å²) in [5, 5.41) is 12.0. The SMILES string of the molecule is Cc1nn(C)c(CSc2n[nH]c(N)n2)c1Cl. The maximum Gasteiger partial charge on any atom is 0.216 e. The number of aryl methyl sites for hydroxylation is 2. The van der Waals surface area contributed by atoms with Crippen LogP contribution in [0.25, 0.3) is 0 Å². The van der Waals surface area contributed by atoms with Crippen molar-refractivity contribution in [1.82, 2.24) is 25.0 Å². The van der Waals surface area contributed by atoms with Gasteiger partial charge in [0.05, 0.1) is 16.4 Å². The summed E-state index contributed by atoms with van der Waals surface area (Å²) in [6, 6.07) is 0. The second kappa shape index (κ2) is 4.34. The van der Waals surface area contributed by atoms with Crippen molar-refractivity contribution in [3.05, 3.63) is 16.4 Å². The van der Waals surface area contributed by atoms with Crippen LogP contribution >= 0.6 is 23.4 Å². The molecule has 86 valence electrons. The molecule has 0 bridgehead atoms. The molecule has 3 N–H and O–H groups in total. The number of nitrogen functional groups attached to an aromatic ring is 1. The molecule has 0 saturated carbocycles. The second-order valence-corrected chi connectivity index (χ2v) is 4.58. The third-order valence-corrected chi connectivity index (χ3v) is 3.43. The molecule has 0 saturated heterocycles. The summed E-state index contributed by atoms with van der Waals surface area (Å²) in [4.78, 5) is 3.99. The summed E-state index contributed by atoms with van der Waals surface area (Å²) in [6.07, 6.45) is 0. The molecule has 0 unspecified atom stereocenters. The summed E-state index contributed by atoms with van der Waals surface area (Å²) >= 11 is 7.57. The van der Waals surface area contributed by atoms with Crippen molar-refractivity contribution < 1.29 is 0 Å². The zero-order chi connectivity index (χ0) is 11.7. The topological polar surface area (TPSA) is 85.4 Å². The Kier molecular flexibility index (Phi) is 3.06. The summed E-state index contributed by atoms with van der Waals surface area (Å²) < 4.78 is 1.76. The van der Waals surface area contributed by atoms with Crippen LogP contribution in [0.4, 0.5) is 5.95 Å². The Morgan fingerprint density at radius 3 is 2.81 bits per heavy atom. The first kappa shape index (κ1) is 11.3. The number of nitrogens with zero attached hydrogens (tertiary/aromatic N) is 4. The highest BCUT2D eigenvalue weighted by Crippen LogP contribution is 2.26. The molecule has 0 radical (unpaired) electrons. The number of rotatable bonds is 3. The van der Waals surface area contributed by atoms with Crippen LogP contribution in [0, 0.1) is 6.92 Å². The lowest BCUT2D eigenvalue weighted by atomic mass is 10.4. The lowest BCUT2D eigenvalue weighted by Crippen LogP contribution is -1.96. The standard InChI is InChI=1S/C8H11ClN6S/c1-4-6(9)5(15(2)14-4)3-16-8-11-7(10)12-13-8/h3H2,1-2H3,(H3,10,11,12,13). The minimum atomic E-state index is 0.315. The van der Waals surface area contributed by atoms with E-state index in [0.717, 1.165) is 11.4 Å². The third kappa shape index (κ3) is 2.14. The fraction of sp³-hybridized carbons (Fsp3) is 0.375. The summed E-state index contributed by atoms with van der Waals surface area (Å²) in [5.74, 6) is 0.975. The van der Waals surface area contributed by atoms with Crippen LogP contribution in [0.15, 0.2) is 5.16 Å². The van der Waals surface area contributed by atoms with Gasteiger partial charge in [-0.15, -0.1) is 5.10 Å². The van der Waals surface area contributed by atoms with Crippen LogP contribution in [-0.4, -0.2) is 25.0 Å². The number of aromatic nitrogens is 5. The van der Waals surface area contributed by atoms with Gasteiger partial charge in [-0.3, -0.25) is 4.68 Å². The Bertz CT molecular complexity index is 505. The van der Waals surface area contributed by atoms with Crippen LogP contribution in [0.3, 0.4) is 0 Å². The zero-order valence-corrected chi connectivity index (χ0v) is 10.4. The lowest BCUT2D eigenvalue weighted by Gasteiger charge is -1.99. The molecule has 2 rings (SSSR count). The van der Waals surface area contributed by atoms with Crippen LogP contribution < -0.4 is 5.73 Å². The third-order valence-electron chi connectivity index (χ3n) is 2.08. The monoisotopic (exact) mass is 258 g/mol. The molecule has 0 atom stereocenters. The number of halogens is 1. The second-order valence-electron chi connectivity index (χ2n) is 3.26. The van der Waals surface area contributed by atoms with Crippen molar-refractivity contribution >= 4 is 29.3 Å². The van der Waals surface area contributed by atoms with E-state index in [0.29, 0.717) is 21.9 Å². The van der Waals surface area contributed by atoms with Gasteiger partial charge in [0.25, 0.3) is 0 Å². The molecule has 0 fully saturated rings. The van der Waals surface area contributed by atoms with E-state index in [2.05, 4.69) is 20.3 Å². The van der Waals surface area contributed by atoms with Crippen molar-refractivity contribution in [3.63, 3.8) is 0 Å². The van der Waals surface area contributed by atoms with Gasteiger partial charge in [-0.2, -0.15) is 10.1 Å². The summed E-state index contributed by atoms with van der Waals surface area (Å²) in [7, 11) is 1.86. The Hall–Kier alpha value is -1.21. The number of anilines is 1. The van der Waals surface area contributed by atoms with Gasteiger partial charge >= 0.3 is 0 Å². The average molecular weight is 259 g/mol. The van der Waals surface area contributed by atoms with Gasteiger partial charge in [0.2, 0.25) is 11.1 Å². The van der Waals surface area contributed by atoms with Crippen molar-refractivity contribution in [2.75, 3.05) is 5.73 Å². The molecule has 2 aromatic rings. The van der Waals surface area contributed by atoms with E-state index in [-0.39, 0.29) is 0 Å². The van der Waals surface area contributed by atoms with Gasteiger partial charge in [0.1, 0.15) is 0 Å². The number of thioether (sulfide) groups is 1. The van der Waals surface area contributed by atoms with Crippen LogP contribution in [-0.2, 0) is 12.8 Å². The zero-order valence-electron chi connectivity index (χ0n) is 8.86. The van der Waals surface area contributed by atoms with Crippen molar-refractivity contribution in [1.29, 1.82) is 0 Å². The van der Waals surface area contributed by atoms with E-state index in [1.807, 2.05) is 14.0 Å². The normalized spacial score (nSPS) is 10.9. The fourth-order valence-electron chi connectivity index (χ4n) is 1.29. The molecule has 6 nitrogen and oxygen atoms in total. The Morgan fingerprint density at radius 2 is 2.31 bits per heavy atom. The Labute approximate surface area is 102 Å². The van der Waals surface area contributed by atoms with Gasteiger partial charge in [0, 0.05) is 12.8 Å². The number of H-pyrrole nitrogens is 1. The number of nitrogens with one attached hydrogen (secondary N) is 1. The summed E-state index contributed by atoms with van der Waals surface area (Å²) in [6.45, 7) is 1.88. The van der Waals surface area contributed by atoms with E-state index in [1.54, 1.807) is 4.68 Å². The number of nitrogens with two attached hydrogens (primary N) is 1. The highest BCUT2D eigenvalue weighted by atomic mass is 35.5. The quantitative estimate of drug-likeness (QED) is 0.813. The van der Waals surface area contributed by atoms with Crippen LogP contribution in [0.2, 0.25) is 5.02 Å². The van der Waals surface area contributed by atoms with Gasteiger partial charge in [-0.1, -0.05) is 23.4 Å². The van der Waals surface area contributed by atoms with E-state index >= 15 is 0 Å². The van der Waals surface area contributed by atoms with Crippen molar-refractivity contribution in [3.8, 4) is 0 Å². The Morgan fingerprint density at radius 1 is 1.56 bits per heavy atom. The van der Waals surface area contributed by atoms with Crippen molar-refractivity contribution in [2.45, 2.75) is 17.8 Å². The van der Waals surface area contributed by atoms with Crippen LogP contribution in [0.5, 0.6) is 0 Å². The van der Waals surface area contributed by atoms with Crippen LogP contribution in [0.1, 0.15) is 11.4 Å². The predicted octanol–water partition coefficient (Wildman–Crippen LogP) is 1.37. The number of aromatic amines is 1. The lowest BCUT2D eigenvalue weighted by molar-refractivity contribution is 0.727. The fourth-order valence-corrected chi connectivity index (χ4v) is 2.47. The molecule has 16 heavy (non-hydrogen) atoms. The molecule has 0 aliphatic heterocycles. The molecular formula is C8H11ClN6S. The minimum Gasteiger partial charge on any atom is -0.368 e. The molecule has 0 spiro atoms. The molecule has 0 aromatic carbocycles. The minimum absolute atomic E-state index is 0.315. The number of hydrogen-bond acceptors (Lipinski definition) is 5. The van der Waals surface area contributed by atoms with E-state index < -0.39 is 0 Å². The molecule has 0 aliphatic carbocycles. The molecular weight excluding hydrogens is 248 g/mol. The molecule has 0 aliphatic rings. The first-order valence-electron chi connectivity index (χ1n) is 4.56. The predicted molar refractivity (Wildman–Crippen MR) is 63.3 cm³/mol. The molecule has 8 heteroatoms. The van der Waals surface area contributed by atoms with Gasteiger partial charge < -0.3 is 5.73 Å². The van der Waals surface area contributed by atoms with Gasteiger partial charge in [-0.25, -0.2) is 5.10 Å². The van der Waals surface area contributed by atoms with Gasteiger partial charge in [0.15, 0.2) is 0 Å². The van der Waals surface area contributed by atoms with Gasteiger partial charge in [-0.05, 0) is 6.92 Å². The highest BCUT2D eigenvalue weighted by molar-refractivity contribution is 7.98. The first-order chi connectivity index (χ1) is 7.58. The highest BCUT2D eigenvalue weighted by Gasteiger charge is 2.12. The Balaban J connectivity index is 2.10. The molecule has 2 heterocycles. The maximum absolute atomic E-state index is 6.12. The smallest absolute Gasteiger partial charge is 0.216 e. The molecule has 2 aromatic heterocycles. The average Bonchev–Trinajstić information content (AvgIpc) is 2.72. The maximum atomic E-state index is 6.12. The number of hydrogen-bond donors (Lipinski definition) is 2.